The van der Waals surface area contributed by atoms with Crippen LogP contribution in [0.3, 0.4) is 0 Å². The van der Waals surface area contributed by atoms with Gasteiger partial charge in [0, 0.05) is 12.1 Å². The molecule has 2 amide bonds. The second kappa shape index (κ2) is 9.37. The van der Waals surface area contributed by atoms with Crippen LogP contribution in [0.4, 0.5) is 0 Å². The molecule has 0 spiro atoms. The Morgan fingerprint density at radius 3 is 2.14 bits per heavy atom. The first-order valence-electron chi connectivity index (χ1n) is 9.60. The van der Waals surface area contributed by atoms with Crippen LogP contribution in [0.1, 0.15) is 42.3 Å². The van der Waals surface area contributed by atoms with E-state index in [0.29, 0.717) is 11.1 Å². The largest absolute Gasteiger partial charge is 0.481 e. The molecule has 0 fully saturated rings. The summed E-state index contributed by atoms with van der Waals surface area (Å²) in [6.45, 7) is 6.97. The number of carboxylic acid groups (broad SMARTS) is 1. The van der Waals surface area contributed by atoms with Gasteiger partial charge in [0.2, 0.25) is 5.91 Å². The highest BCUT2D eigenvalue weighted by molar-refractivity contribution is 5.98. The van der Waals surface area contributed by atoms with Crippen LogP contribution in [0.5, 0.6) is 0 Å². The fourth-order valence-electron chi connectivity index (χ4n) is 3.06. The van der Waals surface area contributed by atoms with Crippen molar-refractivity contribution in [1.29, 1.82) is 0 Å². The van der Waals surface area contributed by atoms with Gasteiger partial charge in [-0.3, -0.25) is 14.4 Å². The lowest BCUT2D eigenvalue weighted by Crippen LogP contribution is -2.53. The number of benzene rings is 2. The molecule has 2 rings (SSSR count). The summed E-state index contributed by atoms with van der Waals surface area (Å²) < 4.78 is 0. The van der Waals surface area contributed by atoms with Crippen molar-refractivity contribution in [2.45, 2.75) is 39.2 Å². The van der Waals surface area contributed by atoms with Crippen LogP contribution in [-0.2, 0) is 15.0 Å². The van der Waals surface area contributed by atoms with E-state index in [1.165, 1.54) is 0 Å². The van der Waals surface area contributed by atoms with Gasteiger partial charge >= 0.3 is 5.97 Å². The molecule has 29 heavy (non-hydrogen) atoms. The lowest BCUT2D eigenvalue weighted by atomic mass is 9.82. The fourth-order valence-corrected chi connectivity index (χ4v) is 3.06. The second-order valence-corrected chi connectivity index (χ2v) is 7.73. The minimum Gasteiger partial charge on any atom is -0.481 e. The van der Waals surface area contributed by atoms with Gasteiger partial charge in [-0.2, -0.15) is 0 Å². The number of rotatable bonds is 8. The average Bonchev–Trinajstić information content (AvgIpc) is 2.70. The van der Waals surface area contributed by atoms with Gasteiger partial charge in [-0.1, -0.05) is 62.4 Å². The van der Waals surface area contributed by atoms with Gasteiger partial charge in [-0.05, 0) is 37.0 Å². The maximum atomic E-state index is 12.8. The summed E-state index contributed by atoms with van der Waals surface area (Å²) in [6, 6.07) is 15.1. The zero-order valence-corrected chi connectivity index (χ0v) is 17.2. The maximum Gasteiger partial charge on any atom is 0.315 e. The van der Waals surface area contributed by atoms with E-state index in [9.17, 15) is 19.5 Å². The van der Waals surface area contributed by atoms with Gasteiger partial charge in [0.1, 0.15) is 11.5 Å². The van der Waals surface area contributed by atoms with E-state index in [1.807, 2.05) is 32.9 Å². The van der Waals surface area contributed by atoms with Crippen molar-refractivity contribution in [3.8, 4) is 0 Å². The summed E-state index contributed by atoms with van der Waals surface area (Å²) in [6.07, 6.45) is 0. The Hall–Kier alpha value is -3.15. The van der Waals surface area contributed by atoms with Gasteiger partial charge in [-0.25, -0.2) is 0 Å². The molecule has 3 N–H and O–H groups in total. The van der Waals surface area contributed by atoms with Gasteiger partial charge < -0.3 is 15.7 Å². The molecule has 2 atom stereocenters. The van der Waals surface area contributed by atoms with Crippen molar-refractivity contribution in [2.24, 2.45) is 5.92 Å². The number of aliphatic carboxylic acids is 1. The van der Waals surface area contributed by atoms with Crippen molar-refractivity contribution in [2.75, 3.05) is 6.54 Å². The summed E-state index contributed by atoms with van der Waals surface area (Å²) in [5, 5.41) is 15.3. The molecular formula is C23H28N2O4. The summed E-state index contributed by atoms with van der Waals surface area (Å²) in [4.78, 5) is 37.4. The number of carbonyl (C=O) groups is 3. The van der Waals surface area contributed by atoms with E-state index in [1.54, 1.807) is 49.4 Å². The van der Waals surface area contributed by atoms with Crippen LogP contribution in [-0.4, -0.2) is 35.5 Å². The molecule has 0 radical (unpaired) electrons. The number of aryl methyl sites for hydroxylation is 1. The Kier molecular flexibility index (Phi) is 7.15. The first kappa shape index (κ1) is 22.1. The molecule has 0 heterocycles. The van der Waals surface area contributed by atoms with Crippen molar-refractivity contribution in [3.05, 3.63) is 71.3 Å². The molecule has 154 valence electrons. The highest BCUT2D eigenvalue weighted by Crippen LogP contribution is 2.23. The Balaban J connectivity index is 2.14. The Morgan fingerprint density at radius 1 is 1.00 bits per heavy atom. The topological polar surface area (TPSA) is 95.5 Å². The van der Waals surface area contributed by atoms with E-state index in [4.69, 9.17) is 0 Å². The summed E-state index contributed by atoms with van der Waals surface area (Å²) in [5.74, 6) is -1.95. The molecule has 2 unspecified atom stereocenters. The standard InChI is InChI=1S/C23H28N2O4/c1-15(2)19(25-20(26)18-13-9-8-10-16(18)3)21(27)24-14-23(4,22(28)29)17-11-6-5-7-12-17/h5-13,15,19H,14H2,1-4H3,(H,24,27)(H,25,26)(H,28,29). The molecule has 2 aromatic carbocycles. The molecule has 0 bridgehead atoms. The minimum absolute atomic E-state index is 0.0887. The molecule has 6 heteroatoms. The summed E-state index contributed by atoms with van der Waals surface area (Å²) >= 11 is 0. The predicted octanol–water partition coefficient (Wildman–Crippen LogP) is 2.91. The predicted molar refractivity (Wildman–Crippen MR) is 112 cm³/mol. The van der Waals surface area contributed by atoms with E-state index in [0.717, 1.165) is 5.56 Å². The highest BCUT2D eigenvalue weighted by atomic mass is 16.4. The first-order chi connectivity index (χ1) is 13.7. The highest BCUT2D eigenvalue weighted by Gasteiger charge is 2.36. The van der Waals surface area contributed by atoms with Crippen LogP contribution in [0.2, 0.25) is 0 Å². The SMILES string of the molecule is Cc1ccccc1C(=O)NC(C(=O)NCC(C)(C(=O)O)c1ccccc1)C(C)C. The molecule has 0 saturated heterocycles. The number of carbonyl (C=O) groups excluding carboxylic acids is 2. The molecule has 2 aromatic rings. The van der Waals surface area contributed by atoms with Crippen LogP contribution in [0.15, 0.2) is 54.6 Å². The van der Waals surface area contributed by atoms with Crippen LogP contribution >= 0.6 is 0 Å². The monoisotopic (exact) mass is 396 g/mol. The third-order valence-electron chi connectivity index (χ3n) is 5.12. The van der Waals surface area contributed by atoms with E-state index in [2.05, 4.69) is 10.6 Å². The number of carboxylic acids is 1. The molecule has 0 aliphatic carbocycles. The molecule has 0 aliphatic heterocycles. The van der Waals surface area contributed by atoms with Gasteiger partial charge in [0.25, 0.3) is 5.91 Å². The van der Waals surface area contributed by atoms with Crippen molar-refractivity contribution >= 4 is 17.8 Å². The molecule has 0 saturated carbocycles. The van der Waals surface area contributed by atoms with Crippen LogP contribution < -0.4 is 10.6 Å². The second-order valence-electron chi connectivity index (χ2n) is 7.73. The van der Waals surface area contributed by atoms with Crippen LogP contribution in [0, 0.1) is 12.8 Å². The molecule has 0 aromatic heterocycles. The smallest absolute Gasteiger partial charge is 0.315 e. The number of amides is 2. The Morgan fingerprint density at radius 2 is 1.59 bits per heavy atom. The van der Waals surface area contributed by atoms with E-state index in [-0.39, 0.29) is 18.4 Å². The Labute approximate surface area is 171 Å². The minimum atomic E-state index is -1.28. The van der Waals surface area contributed by atoms with Crippen molar-refractivity contribution < 1.29 is 19.5 Å². The first-order valence-corrected chi connectivity index (χ1v) is 9.60. The van der Waals surface area contributed by atoms with Gasteiger partial charge in [0.05, 0.1) is 0 Å². The average molecular weight is 396 g/mol. The maximum absolute atomic E-state index is 12.8. The van der Waals surface area contributed by atoms with Crippen molar-refractivity contribution in [1.82, 2.24) is 10.6 Å². The normalized spacial score (nSPS) is 14.0. The van der Waals surface area contributed by atoms with E-state index < -0.39 is 23.3 Å². The quantitative estimate of drug-likeness (QED) is 0.639. The third kappa shape index (κ3) is 5.22. The Bertz CT molecular complexity index is 879. The van der Waals surface area contributed by atoms with Gasteiger partial charge in [0.15, 0.2) is 0 Å². The summed E-state index contributed by atoms with van der Waals surface area (Å²) in [5.41, 5.74) is 0.636. The number of nitrogens with one attached hydrogen (secondary N) is 2. The lowest BCUT2D eigenvalue weighted by Gasteiger charge is -2.28. The third-order valence-corrected chi connectivity index (χ3v) is 5.12. The molecular weight excluding hydrogens is 368 g/mol. The zero-order chi connectivity index (χ0) is 21.6. The number of hydrogen-bond acceptors (Lipinski definition) is 3. The zero-order valence-electron chi connectivity index (χ0n) is 17.2. The van der Waals surface area contributed by atoms with E-state index >= 15 is 0 Å². The fraction of sp³-hybridized carbons (Fsp3) is 0.348. The molecule has 6 nitrogen and oxygen atoms in total. The molecule has 0 aliphatic rings. The van der Waals surface area contributed by atoms with Crippen molar-refractivity contribution in [3.63, 3.8) is 0 Å². The lowest BCUT2D eigenvalue weighted by molar-refractivity contribution is -0.143. The van der Waals surface area contributed by atoms with Crippen LogP contribution in [0.25, 0.3) is 0 Å². The number of hydrogen-bond donors (Lipinski definition) is 3. The van der Waals surface area contributed by atoms with Gasteiger partial charge in [-0.15, -0.1) is 0 Å². The summed E-state index contributed by atoms with van der Waals surface area (Å²) in [7, 11) is 0.